The lowest BCUT2D eigenvalue weighted by Gasteiger charge is -2.29. The van der Waals surface area contributed by atoms with Crippen LogP contribution in [-0.2, 0) is 0 Å². The van der Waals surface area contributed by atoms with Crippen LogP contribution in [0.2, 0.25) is 0 Å². The molecule has 2 unspecified atom stereocenters. The number of hydrogen-bond acceptors (Lipinski definition) is 3. The fourth-order valence-electron chi connectivity index (χ4n) is 2.88. The molecule has 0 N–H and O–H groups in total. The molecule has 2 atom stereocenters. The molecule has 0 amide bonds. The average molecular weight is 271 g/mol. The van der Waals surface area contributed by atoms with Crippen LogP contribution in [-0.4, -0.2) is 11.9 Å². The number of ether oxygens (including phenoxy) is 1. The second-order valence-electron chi connectivity index (χ2n) is 5.56. The first-order valence-corrected chi connectivity index (χ1v) is 7.35. The molecule has 1 aliphatic rings. The van der Waals surface area contributed by atoms with E-state index in [1.54, 1.807) is 18.2 Å². The predicted octanol–water partition coefficient (Wildman–Crippen LogP) is 4.11. The Balaban J connectivity index is 2.19. The van der Waals surface area contributed by atoms with Gasteiger partial charge in [0.15, 0.2) is 5.78 Å². The number of ketones is 1. The van der Waals surface area contributed by atoms with E-state index in [1.807, 2.05) is 0 Å². The van der Waals surface area contributed by atoms with Crippen LogP contribution in [0.4, 0.5) is 0 Å². The van der Waals surface area contributed by atoms with Gasteiger partial charge in [0.05, 0.1) is 23.3 Å². The molecule has 1 aromatic carbocycles. The maximum atomic E-state index is 11.7. The maximum Gasteiger partial charge on any atom is 0.163 e. The molecular formula is C17H21NO2. The van der Waals surface area contributed by atoms with Crippen LogP contribution < -0.4 is 4.74 Å². The summed E-state index contributed by atoms with van der Waals surface area (Å²) >= 11 is 0. The highest BCUT2D eigenvalue weighted by Gasteiger charge is 2.23. The second kappa shape index (κ2) is 6.56. The number of benzene rings is 1. The molecular weight excluding hydrogens is 250 g/mol. The highest BCUT2D eigenvalue weighted by Crippen LogP contribution is 2.31. The van der Waals surface area contributed by atoms with Crippen LogP contribution in [0.3, 0.4) is 0 Å². The first kappa shape index (κ1) is 14.6. The third kappa shape index (κ3) is 3.39. The molecule has 20 heavy (non-hydrogen) atoms. The van der Waals surface area contributed by atoms with Crippen molar-refractivity contribution < 1.29 is 9.53 Å². The summed E-state index contributed by atoms with van der Waals surface area (Å²) in [4.78, 5) is 11.7. The lowest BCUT2D eigenvalue weighted by molar-refractivity contribution is 0.0988. The van der Waals surface area contributed by atoms with Crippen LogP contribution in [0.1, 0.15) is 61.9 Å². The highest BCUT2D eigenvalue weighted by molar-refractivity contribution is 5.97. The van der Waals surface area contributed by atoms with Gasteiger partial charge in [0.1, 0.15) is 5.75 Å². The number of carbonyl (C=O) groups is 1. The fraction of sp³-hybridized carbons (Fsp3) is 0.529. The van der Waals surface area contributed by atoms with Crippen LogP contribution in [0.15, 0.2) is 18.2 Å². The summed E-state index contributed by atoms with van der Waals surface area (Å²) in [7, 11) is 0. The molecule has 1 aliphatic carbocycles. The molecule has 0 bridgehead atoms. The zero-order chi connectivity index (χ0) is 14.5. The van der Waals surface area contributed by atoms with Crippen molar-refractivity contribution >= 4 is 5.78 Å². The number of nitrogens with zero attached hydrogens (tertiary/aromatic N) is 1. The topological polar surface area (TPSA) is 50.1 Å². The van der Waals surface area contributed by atoms with Crippen molar-refractivity contribution in [2.75, 3.05) is 0 Å². The number of hydrogen-bond donors (Lipinski definition) is 0. The largest absolute Gasteiger partial charge is 0.490 e. The smallest absolute Gasteiger partial charge is 0.163 e. The van der Waals surface area contributed by atoms with Gasteiger partial charge in [-0.2, -0.15) is 5.26 Å². The van der Waals surface area contributed by atoms with Gasteiger partial charge < -0.3 is 4.74 Å². The normalized spacial score (nSPS) is 22.1. The van der Waals surface area contributed by atoms with Gasteiger partial charge in [-0.15, -0.1) is 0 Å². The molecule has 0 saturated heterocycles. The van der Waals surface area contributed by atoms with Crippen molar-refractivity contribution in [2.24, 2.45) is 5.92 Å². The Kier molecular flexibility index (Phi) is 4.79. The fourth-order valence-corrected chi connectivity index (χ4v) is 2.88. The lowest BCUT2D eigenvalue weighted by atomic mass is 9.85. The molecule has 0 radical (unpaired) electrons. The molecule has 106 valence electrons. The van der Waals surface area contributed by atoms with Gasteiger partial charge in [0.25, 0.3) is 0 Å². The van der Waals surface area contributed by atoms with Gasteiger partial charge in [-0.1, -0.05) is 19.8 Å². The summed E-state index contributed by atoms with van der Waals surface area (Å²) in [6, 6.07) is 7.14. The summed E-state index contributed by atoms with van der Waals surface area (Å²) in [6.07, 6.45) is 5.87. The molecule has 1 saturated carbocycles. The van der Waals surface area contributed by atoms with E-state index < -0.39 is 0 Å². The molecule has 3 heteroatoms. The van der Waals surface area contributed by atoms with Gasteiger partial charge >= 0.3 is 0 Å². The number of rotatable bonds is 4. The molecule has 0 aromatic heterocycles. The molecule has 0 heterocycles. The monoisotopic (exact) mass is 271 g/mol. The number of carbonyl (C=O) groups excluding carboxylic acids is 1. The van der Waals surface area contributed by atoms with E-state index in [0.29, 0.717) is 22.8 Å². The van der Waals surface area contributed by atoms with E-state index in [9.17, 15) is 4.79 Å². The Labute approximate surface area is 120 Å². The zero-order valence-corrected chi connectivity index (χ0v) is 12.2. The van der Waals surface area contributed by atoms with Crippen LogP contribution >= 0.6 is 0 Å². The molecule has 0 spiro atoms. The second-order valence-corrected chi connectivity index (χ2v) is 5.56. The van der Waals surface area contributed by atoms with Gasteiger partial charge in [-0.3, -0.25) is 4.79 Å². The lowest BCUT2D eigenvalue weighted by Crippen LogP contribution is -2.25. The Hall–Kier alpha value is -1.82. The van der Waals surface area contributed by atoms with Crippen molar-refractivity contribution in [3.63, 3.8) is 0 Å². The van der Waals surface area contributed by atoms with E-state index in [4.69, 9.17) is 10.00 Å². The Bertz CT molecular complexity index is 530. The van der Waals surface area contributed by atoms with Crippen molar-refractivity contribution in [1.82, 2.24) is 0 Å². The Morgan fingerprint density at radius 1 is 1.45 bits per heavy atom. The molecule has 2 rings (SSSR count). The summed E-state index contributed by atoms with van der Waals surface area (Å²) in [6.45, 7) is 3.74. The van der Waals surface area contributed by atoms with Crippen molar-refractivity contribution in [1.29, 1.82) is 5.26 Å². The number of Topliss-reactive ketones (excluding diaryl/α,β-unsaturated/α-hetero) is 1. The molecule has 1 aromatic rings. The van der Waals surface area contributed by atoms with Gasteiger partial charge in [0.2, 0.25) is 0 Å². The summed E-state index contributed by atoms with van der Waals surface area (Å²) in [5.74, 6) is 1.26. The standard InChI is InChI=1S/C17H21NO2/c1-3-13-5-4-6-15(9-13)20-17-10-14(11-18)7-8-16(17)12(2)19/h7-8,10,13,15H,3-6,9H2,1-2H3. The quantitative estimate of drug-likeness (QED) is 0.774. The molecule has 0 aliphatic heterocycles. The maximum absolute atomic E-state index is 11.7. The SMILES string of the molecule is CCC1CCCC(Oc2cc(C#N)ccc2C(C)=O)C1. The third-order valence-electron chi connectivity index (χ3n) is 4.10. The third-order valence-corrected chi connectivity index (χ3v) is 4.10. The van der Waals surface area contributed by atoms with E-state index >= 15 is 0 Å². The minimum Gasteiger partial charge on any atom is -0.490 e. The zero-order valence-electron chi connectivity index (χ0n) is 12.2. The first-order chi connectivity index (χ1) is 9.63. The van der Waals surface area contributed by atoms with Crippen LogP contribution in [0.25, 0.3) is 0 Å². The minimum absolute atomic E-state index is 0.0210. The first-order valence-electron chi connectivity index (χ1n) is 7.35. The minimum atomic E-state index is -0.0210. The Morgan fingerprint density at radius 3 is 2.90 bits per heavy atom. The molecule has 3 nitrogen and oxygen atoms in total. The van der Waals surface area contributed by atoms with Crippen molar-refractivity contribution in [3.8, 4) is 11.8 Å². The Morgan fingerprint density at radius 2 is 2.25 bits per heavy atom. The van der Waals surface area contributed by atoms with E-state index in [1.165, 1.54) is 26.2 Å². The van der Waals surface area contributed by atoms with Crippen LogP contribution in [0, 0.1) is 17.2 Å². The summed E-state index contributed by atoms with van der Waals surface area (Å²) < 4.78 is 6.05. The van der Waals surface area contributed by atoms with Gasteiger partial charge in [-0.05, 0) is 50.3 Å². The van der Waals surface area contributed by atoms with Crippen molar-refractivity contribution in [2.45, 2.75) is 52.1 Å². The van der Waals surface area contributed by atoms with E-state index in [2.05, 4.69) is 13.0 Å². The summed E-state index contributed by atoms with van der Waals surface area (Å²) in [5.41, 5.74) is 1.11. The summed E-state index contributed by atoms with van der Waals surface area (Å²) in [5, 5.41) is 8.99. The van der Waals surface area contributed by atoms with E-state index in [0.717, 1.165) is 12.8 Å². The van der Waals surface area contributed by atoms with Crippen molar-refractivity contribution in [3.05, 3.63) is 29.3 Å². The molecule has 1 fully saturated rings. The van der Waals surface area contributed by atoms with E-state index in [-0.39, 0.29) is 11.9 Å². The average Bonchev–Trinajstić information content (AvgIpc) is 2.47. The van der Waals surface area contributed by atoms with Crippen LogP contribution in [0.5, 0.6) is 5.75 Å². The predicted molar refractivity (Wildman–Crippen MR) is 77.8 cm³/mol. The van der Waals surface area contributed by atoms with Gasteiger partial charge in [0, 0.05) is 0 Å². The number of nitriles is 1. The highest BCUT2D eigenvalue weighted by atomic mass is 16.5. The van der Waals surface area contributed by atoms with Gasteiger partial charge in [-0.25, -0.2) is 0 Å².